The summed E-state index contributed by atoms with van der Waals surface area (Å²) in [4.78, 5) is 38.9. The van der Waals surface area contributed by atoms with E-state index in [0.29, 0.717) is 30.2 Å². The number of carbonyl (C=O) groups is 3. The number of amides is 2. The Morgan fingerprint density at radius 2 is 1.55 bits per heavy atom. The van der Waals surface area contributed by atoms with Crippen LogP contribution in [0.1, 0.15) is 29.3 Å². The zero-order valence-electron chi connectivity index (χ0n) is 17.2. The Balaban J connectivity index is 1.23. The van der Waals surface area contributed by atoms with Gasteiger partial charge in [-0.2, -0.15) is 0 Å². The first-order chi connectivity index (χ1) is 15.1. The lowest BCUT2D eigenvalue weighted by Gasteiger charge is -2.17. The molecular weight excluding hydrogens is 394 g/mol. The lowest BCUT2D eigenvalue weighted by atomic mass is 9.85. The first kappa shape index (κ1) is 19.5. The molecule has 2 aliphatic carbocycles. The molecule has 0 unspecified atom stereocenters. The summed E-state index contributed by atoms with van der Waals surface area (Å²) in [6, 6.07) is 14.1. The minimum atomic E-state index is -0.343. The molecule has 3 aliphatic rings. The number of carbonyl (C=O) groups excluding carboxylic acids is 3. The molecule has 6 heteroatoms. The number of hydrogen-bond acceptors (Lipinski definition) is 5. The van der Waals surface area contributed by atoms with E-state index < -0.39 is 0 Å². The predicted octanol–water partition coefficient (Wildman–Crippen LogP) is 3.75. The molecule has 1 aliphatic heterocycles. The first-order valence-corrected chi connectivity index (χ1v) is 10.6. The quantitative estimate of drug-likeness (QED) is 0.407. The fourth-order valence-electron chi connectivity index (χ4n) is 4.97. The van der Waals surface area contributed by atoms with Crippen molar-refractivity contribution < 1.29 is 23.9 Å². The van der Waals surface area contributed by atoms with Gasteiger partial charge in [0, 0.05) is 0 Å². The SMILES string of the molecule is CCOC(=O)c1ccc(COc2ccc(N3C(=O)[C@@H]4[C@H](C3=O)[C@@H]3C=C[C@H]4C3)cc2)cc1. The summed E-state index contributed by atoms with van der Waals surface area (Å²) in [6.07, 6.45) is 5.11. The molecule has 2 aromatic carbocycles. The van der Waals surface area contributed by atoms with E-state index in [0.717, 1.165) is 12.0 Å². The highest BCUT2D eigenvalue weighted by molar-refractivity contribution is 6.22. The molecule has 1 saturated carbocycles. The second-order valence-electron chi connectivity index (χ2n) is 8.21. The third-order valence-electron chi connectivity index (χ3n) is 6.44. The fraction of sp³-hybridized carbons (Fsp3) is 0.320. The van der Waals surface area contributed by atoms with Crippen LogP contribution in [0.2, 0.25) is 0 Å². The lowest BCUT2D eigenvalue weighted by molar-refractivity contribution is -0.123. The van der Waals surface area contributed by atoms with Gasteiger partial charge in [0.25, 0.3) is 0 Å². The molecule has 158 valence electrons. The monoisotopic (exact) mass is 417 g/mol. The molecule has 2 fully saturated rings. The molecule has 2 amide bonds. The van der Waals surface area contributed by atoms with Gasteiger partial charge in [0.2, 0.25) is 11.8 Å². The number of benzene rings is 2. The zero-order valence-corrected chi connectivity index (χ0v) is 17.2. The molecule has 5 rings (SSSR count). The summed E-state index contributed by atoms with van der Waals surface area (Å²) in [5.74, 6) is 0.142. The van der Waals surface area contributed by atoms with Gasteiger partial charge in [0.1, 0.15) is 12.4 Å². The van der Waals surface area contributed by atoms with Gasteiger partial charge in [0.05, 0.1) is 29.7 Å². The minimum Gasteiger partial charge on any atom is -0.489 e. The largest absolute Gasteiger partial charge is 0.489 e. The molecule has 4 atom stereocenters. The lowest BCUT2D eigenvalue weighted by Crippen LogP contribution is -2.32. The van der Waals surface area contributed by atoms with Crippen LogP contribution in [0, 0.1) is 23.7 Å². The maximum Gasteiger partial charge on any atom is 0.338 e. The maximum absolute atomic E-state index is 12.9. The van der Waals surface area contributed by atoms with Gasteiger partial charge in [-0.1, -0.05) is 24.3 Å². The number of nitrogens with zero attached hydrogens (tertiary/aromatic N) is 1. The Morgan fingerprint density at radius 1 is 0.935 bits per heavy atom. The van der Waals surface area contributed by atoms with E-state index in [2.05, 4.69) is 12.2 Å². The van der Waals surface area contributed by atoms with Crippen LogP contribution in [0.5, 0.6) is 5.75 Å². The van der Waals surface area contributed by atoms with E-state index in [9.17, 15) is 14.4 Å². The summed E-state index contributed by atoms with van der Waals surface area (Å²) in [7, 11) is 0. The number of fused-ring (bicyclic) bond motifs is 5. The van der Waals surface area contributed by atoms with E-state index in [-0.39, 0.29) is 41.5 Å². The Hall–Kier alpha value is -3.41. The molecule has 0 aromatic heterocycles. The van der Waals surface area contributed by atoms with Gasteiger partial charge in [-0.05, 0) is 67.1 Å². The van der Waals surface area contributed by atoms with Crippen molar-refractivity contribution in [3.63, 3.8) is 0 Å². The molecule has 1 heterocycles. The van der Waals surface area contributed by atoms with Crippen LogP contribution < -0.4 is 9.64 Å². The van der Waals surface area contributed by atoms with Crippen molar-refractivity contribution in [2.24, 2.45) is 23.7 Å². The fourth-order valence-corrected chi connectivity index (χ4v) is 4.97. The van der Waals surface area contributed by atoms with Crippen molar-refractivity contribution in [1.82, 2.24) is 0 Å². The first-order valence-electron chi connectivity index (χ1n) is 10.6. The normalized spacial score (nSPS) is 25.8. The number of ether oxygens (including phenoxy) is 2. The zero-order chi connectivity index (χ0) is 21.5. The van der Waals surface area contributed by atoms with E-state index in [1.807, 2.05) is 12.1 Å². The molecular formula is C25H23NO5. The topological polar surface area (TPSA) is 72.9 Å². The standard InChI is InChI=1S/C25H23NO5/c1-2-30-25(29)16-5-3-15(4-6-16)14-31-20-11-9-19(10-12-20)26-23(27)21-17-7-8-18(13-17)22(21)24(26)28/h3-12,17-18,21-22H,2,13-14H2,1H3/t17-,18+,21-,22+. The third-order valence-corrected chi connectivity index (χ3v) is 6.44. The summed E-state index contributed by atoms with van der Waals surface area (Å²) in [6.45, 7) is 2.45. The Bertz CT molecular complexity index is 1030. The number of imide groups is 1. The molecule has 2 bridgehead atoms. The summed E-state index contributed by atoms with van der Waals surface area (Å²) in [5.41, 5.74) is 2.01. The van der Waals surface area contributed by atoms with Crippen molar-refractivity contribution in [2.75, 3.05) is 11.5 Å². The van der Waals surface area contributed by atoms with Gasteiger partial charge in [-0.15, -0.1) is 0 Å². The molecule has 6 nitrogen and oxygen atoms in total. The number of anilines is 1. The van der Waals surface area contributed by atoms with Crippen LogP contribution in [0.25, 0.3) is 0 Å². The molecule has 1 saturated heterocycles. The van der Waals surface area contributed by atoms with E-state index in [1.165, 1.54) is 4.90 Å². The molecule has 0 spiro atoms. The minimum absolute atomic E-state index is 0.0813. The second-order valence-corrected chi connectivity index (χ2v) is 8.21. The highest BCUT2D eigenvalue weighted by atomic mass is 16.5. The van der Waals surface area contributed by atoms with E-state index >= 15 is 0 Å². The van der Waals surface area contributed by atoms with Gasteiger partial charge in [-0.3, -0.25) is 14.5 Å². The van der Waals surface area contributed by atoms with Crippen molar-refractivity contribution in [1.29, 1.82) is 0 Å². The van der Waals surface area contributed by atoms with Crippen LogP contribution in [-0.4, -0.2) is 24.4 Å². The van der Waals surface area contributed by atoms with Crippen molar-refractivity contribution in [2.45, 2.75) is 20.0 Å². The Kier molecular flexibility index (Phi) is 4.85. The summed E-state index contributed by atoms with van der Waals surface area (Å²) in [5, 5.41) is 0. The average molecular weight is 417 g/mol. The number of allylic oxidation sites excluding steroid dienone is 2. The third kappa shape index (κ3) is 3.32. The van der Waals surface area contributed by atoms with Crippen molar-refractivity contribution in [3.8, 4) is 5.75 Å². The van der Waals surface area contributed by atoms with Gasteiger partial charge in [-0.25, -0.2) is 4.79 Å². The van der Waals surface area contributed by atoms with Gasteiger partial charge >= 0.3 is 5.97 Å². The van der Waals surface area contributed by atoms with Crippen LogP contribution >= 0.6 is 0 Å². The van der Waals surface area contributed by atoms with Crippen LogP contribution in [0.3, 0.4) is 0 Å². The highest BCUT2D eigenvalue weighted by Crippen LogP contribution is 2.53. The number of rotatable bonds is 6. The average Bonchev–Trinajstić information content (AvgIpc) is 3.47. The van der Waals surface area contributed by atoms with Crippen molar-refractivity contribution >= 4 is 23.5 Å². The summed E-state index contributed by atoms with van der Waals surface area (Å²) >= 11 is 0. The molecule has 0 radical (unpaired) electrons. The Labute approximate surface area is 180 Å². The van der Waals surface area contributed by atoms with Crippen LogP contribution in [0.15, 0.2) is 60.7 Å². The summed E-state index contributed by atoms with van der Waals surface area (Å²) < 4.78 is 10.8. The maximum atomic E-state index is 12.9. The van der Waals surface area contributed by atoms with Crippen molar-refractivity contribution in [3.05, 3.63) is 71.8 Å². The highest BCUT2D eigenvalue weighted by Gasteiger charge is 2.59. The van der Waals surface area contributed by atoms with Crippen LogP contribution in [0.4, 0.5) is 5.69 Å². The molecule has 31 heavy (non-hydrogen) atoms. The molecule has 0 N–H and O–H groups in total. The Morgan fingerprint density at radius 3 is 2.13 bits per heavy atom. The smallest absolute Gasteiger partial charge is 0.338 e. The number of esters is 1. The second kappa shape index (κ2) is 7.69. The predicted molar refractivity (Wildman–Crippen MR) is 113 cm³/mol. The van der Waals surface area contributed by atoms with Gasteiger partial charge in [0.15, 0.2) is 0 Å². The van der Waals surface area contributed by atoms with Crippen LogP contribution in [-0.2, 0) is 20.9 Å². The van der Waals surface area contributed by atoms with E-state index in [4.69, 9.17) is 9.47 Å². The molecule has 2 aromatic rings. The van der Waals surface area contributed by atoms with E-state index in [1.54, 1.807) is 43.3 Å². The van der Waals surface area contributed by atoms with Gasteiger partial charge < -0.3 is 9.47 Å². The number of hydrogen-bond donors (Lipinski definition) is 0.